The first kappa shape index (κ1) is 24.1. The van der Waals surface area contributed by atoms with E-state index in [9.17, 15) is 4.79 Å². The van der Waals surface area contributed by atoms with Gasteiger partial charge in [-0.1, -0.05) is 54.1 Å². The van der Waals surface area contributed by atoms with Crippen molar-refractivity contribution in [2.75, 3.05) is 13.7 Å². The lowest BCUT2D eigenvalue weighted by atomic mass is 9.83. The number of dihydropyridines is 1. The van der Waals surface area contributed by atoms with Crippen LogP contribution in [0.5, 0.6) is 0 Å². The summed E-state index contributed by atoms with van der Waals surface area (Å²) in [5.74, 6) is 0.794. The van der Waals surface area contributed by atoms with Gasteiger partial charge in [0.25, 0.3) is 0 Å². The molecule has 5 rings (SSSR count). The fourth-order valence-electron chi connectivity index (χ4n) is 5.25. The summed E-state index contributed by atoms with van der Waals surface area (Å²) in [5, 5.41) is 4.45. The number of carbonyl (C=O) groups excluding carboxylic acids is 1. The average Bonchev–Trinajstić information content (AvgIpc) is 2.93. The molecular weight excluding hydrogens is 472 g/mol. The van der Waals surface area contributed by atoms with Crippen molar-refractivity contribution in [1.82, 2.24) is 20.2 Å². The standard InChI is InChI=1S/C29H29ClN4O2/c1-19-17-24(28-31-15-6-16-32-28)27(33-26(19)21-9-12-23(30)13-10-21)22-11-14-25(20-7-4-3-5-8-20)34(18-22)29(35)36-2/h3-10,12-13,15-16,22,25,33H,11,14,17-18H2,1-2H3/t22-,25+/m0/s1. The van der Waals surface area contributed by atoms with E-state index in [0.29, 0.717) is 17.4 Å². The Morgan fingerprint density at radius 2 is 1.75 bits per heavy atom. The number of likely N-dealkylation sites (tertiary alicyclic amines) is 1. The van der Waals surface area contributed by atoms with Gasteiger partial charge in [-0.2, -0.15) is 0 Å². The van der Waals surface area contributed by atoms with Crippen molar-refractivity contribution in [2.24, 2.45) is 5.92 Å². The summed E-state index contributed by atoms with van der Waals surface area (Å²) in [6.07, 6.45) is 5.70. The van der Waals surface area contributed by atoms with Crippen LogP contribution in [0.25, 0.3) is 11.3 Å². The lowest BCUT2D eigenvalue weighted by molar-refractivity contribution is 0.0773. The Morgan fingerprint density at radius 1 is 1.03 bits per heavy atom. The molecule has 7 heteroatoms. The molecule has 3 aromatic rings. The number of piperidine rings is 1. The first-order valence-corrected chi connectivity index (χ1v) is 12.6. The van der Waals surface area contributed by atoms with Crippen LogP contribution in [0.4, 0.5) is 4.79 Å². The third kappa shape index (κ3) is 4.86. The fraction of sp³-hybridized carbons (Fsp3) is 0.276. The monoisotopic (exact) mass is 500 g/mol. The summed E-state index contributed by atoms with van der Waals surface area (Å²) in [5.41, 5.74) is 6.60. The number of methoxy groups -OCH3 is 1. The zero-order chi connectivity index (χ0) is 25.1. The number of allylic oxidation sites excluding steroid dienone is 2. The third-order valence-electron chi connectivity index (χ3n) is 7.01. The van der Waals surface area contributed by atoms with E-state index < -0.39 is 0 Å². The number of nitrogens with zero attached hydrogens (tertiary/aromatic N) is 3. The van der Waals surface area contributed by atoms with Gasteiger partial charge in [0.2, 0.25) is 0 Å². The van der Waals surface area contributed by atoms with Crippen LogP contribution in [0.3, 0.4) is 0 Å². The van der Waals surface area contributed by atoms with Gasteiger partial charge in [0, 0.05) is 53.3 Å². The molecule has 2 aromatic carbocycles. The summed E-state index contributed by atoms with van der Waals surface area (Å²) in [4.78, 5) is 23.9. The second kappa shape index (κ2) is 10.5. The number of carbonyl (C=O) groups is 1. The van der Waals surface area contributed by atoms with E-state index in [2.05, 4.69) is 34.3 Å². The van der Waals surface area contributed by atoms with Crippen LogP contribution in [0.1, 0.15) is 49.2 Å². The van der Waals surface area contributed by atoms with Crippen LogP contribution in [0.2, 0.25) is 5.02 Å². The lowest BCUT2D eigenvalue weighted by Crippen LogP contribution is -2.44. The average molecular weight is 501 g/mol. The number of hydrogen-bond donors (Lipinski definition) is 1. The molecule has 1 amide bonds. The number of nitrogens with one attached hydrogen (secondary N) is 1. The normalized spacial score (nSPS) is 20.2. The maximum atomic E-state index is 12.9. The van der Waals surface area contributed by atoms with E-state index in [1.807, 2.05) is 53.4 Å². The molecule has 0 bridgehead atoms. The molecule has 6 nitrogen and oxygen atoms in total. The molecule has 1 saturated heterocycles. The molecule has 0 aliphatic carbocycles. The molecule has 1 aromatic heterocycles. The minimum Gasteiger partial charge on any atom is -0.453 e. The summed E-state index contributed by atoms with van der Waals surface area (Å²) < 4.78 is 5.21. The quantitative estimate of drug-likeness (QED) is 0.443. The number of ether oxygens (including phenoxy) is 1. The zero-order valence-corrected chi connectivity index (χ0v) is 21.2. The number of benzene rings is 2. The van der Waals surface area contributed by atoms with Gasteiger partial charge in [0.05, 0.1) is 13.2 Å². The molecule has 2 atom stereocenters. The van der Waals surface area contributed by atoms with Crippen LogP contribution >= 0.6 is 11.6 Å². The largest absolute Gasteiger partial charge is 0.453 e. The van der Waals surface area contributed by atoms with E-state index >= 15 is 0 Å². The maximum absolute atomic E-state index is 12.9. The van der Waals surface area contributed by atoms with Crippen molar-refractivity contribution in [3.05, 3.63) is 106 Å². The molecular formula is C29H29ClN4O2. The molecule has 2 aliphatic heterocycles. The number of halogens is 1. The van der Waals surface area contributed by atoms with Crippen molar-refractivity contribution >= 4 is 29.0 Å². The number of amides is 1. The molecule has 184 valence electrons. The molecule has 0 spiro atoms. The minimum atomic E-state index is -0.313. The summed E-state index contributed by atoms with van der Waals surface area (Å²) in [6, 6.07) is 19.8. The summed E-state index contributed by atoms with van der Waals surface area (Å²) >= 11 is 6.15. The SMILES string of the molecule is COC(=O)N1C[C@@H](C2=C(c3ncccn3)CC(C)=C(c3ccc(Cl)cc3)N2)CC[C@@H]1c1ccccc1. The van der Waals surface area contributed by atoms with Crippen molar-refractivity contribution in [1.29, 1.82) is 0 Å². The van der Waals surface area contributed by atoms with Crippen molar-refractivity contribution in [3.63, 3.8) is 0 Å². The summed E-state index contributed by atoms with van der Waals surface area (Å²) in [7, 11) is 1.44. The van der Waals surface area contributed by atoms with Gasteiger partial charge in [-0.25, -0.2) is 14.8 Å². The van der Waals surface area contributed by atoms with Crippen LogP contribution in [-0.4, -0.2) is 34.6 Å². The molecule has 2 aliphatic rings. The minimum absolute atomic E-state index is 0.0245. The maximum Gasteiger partial charge on any atom is 0.410 e. The highest BCUT2D eigenvalue weighted by Crippen LogP contribution is 2.41. The van der Waals surface area contributed by atoms with E-state index in [0.717, 1.165) is 47.4 Å². The third-order valence-corrected chi connectivity index (χ3v) is 7.26. The van der Waals surface area contributed by atoms with Gasteiger partial charge >= 0.3 is 6.09 Å². The van der Waals surface area contributed by atoms with E-state index in [1.54, 1.807) is 12.4 Å². The highest BCUT2D eigenvalue weighted by Gasteiger charge is 2.37. The first-order valence-electron chi connectivity index (χ1n) is 12.2. The molecule has 0 saturated carbocycles. The van der Waals surface area contributed by atoms with Crippen molar-refractivity contribution in [2.45, 2.75) is 32.2 Å². The lowest BCUT2D eigenvalue weighted by Gasteiger charge is -2.41. The van der Waals surface area contributed by atoms with Gasteiger partial charge in [-0.3, -0.25) is 0 Å². The van der Waals surface area contributed by atoms with Crippen LogP contribution in [0, 0.1) is 5.92 Å². The fourth-order valence-corrected chi connectivity index (χ4v) is 5.38. The zero-order valence-electron chi connectivity index (χ0n) is 20.4. The Kier molecular flexibility index (Phi) is 7.05. The Labute approximate surface area is 216 Å². The Balaban J connectivity index is 1.52. The van der Waals surface area contributed by atoms with E-state index in [-0.39, 0.29) is 18.1 Å². The highest BCUT2D eigenvalue weighted by atomic mass is 35.5. The predicted octanol–water partition coefficient (Wildman–Crippen LogP) is 6.49. The topological polar surface area (TPSA) is 67.3 Å². The Bertz CT molecular complexity index is 1290. The van der Waals surface area contributed by atoms with Crippen LogP contribution in [0.15, 0.2) is 84.3 Å². The molecule has 36 heavy (non-hydrogen) atoms. The molecule has 0 unspecified atom stereocenters. The summed E-state index contributed by atoms with van der Waals surface area (Å²) in [6.45, 7) is 2.67. The number of rotatable bonds is 4. The van der Waals surface area contributed by atoms with Crippen molar-refractivity contribution < 1.29 is 9.53 Å². The second-order valence-electron chi connectivity index (χ2n) is 9.25. The van der Waals surface area contributed by atoms with Gasteiger partial charge < -0.3 is 15.0 Å². The van der Waals surface area contributed by atoms with Gasteiger partial charge in [0.1, 0.15) is 0 Å². The van der Waals surface area contributed by atoms with Gasteiger partial charge in [0.15, 0.2) is 5.82 Å². The Hall–Kier alpha value is -3.64. The second-order valence-corrected chi connectivity index (χ2v) is 9.69. The smallest absolute Gasteiger partial charge is 0.410 e. The molecule has 1 fully saturated rings. The number of hydrogen-bond acceptors (Lipinski definition) is 5. The van der Waals surface area contributed by atoms with Crippen molar-refractivity contribution in [3.8, 4) is 0 Å². The van der Waals surface area contributed by atoms with Gasteiger partial charge in [-0.05, 0) is 54.7 Å². The van der Waals surface area contributed by atoms with Gasteiger partial charge in [-0.15, -0.1) is 0 Å². The van der Waals surface area contributed by atoms with E-state index in [4.69, 9.17) is 16.3 Å². The molecule has 3 heterocycles. The molecule has 1 N–H and O–H groups in total. The van der Waals surface area contributed by atoms with Crippen LogP contribution in [-0.2, 0) is 4.74 Å². The Morgan fingerprint density at radius 3 is 2.44 bits per heavy atom. The molecule has 0 radical (unpaired) electrons. The van der Waals surface area contributed by atoms with Crippen LogP contribution < -0.4 is 5.32 Å². The predicted molar refractivity (Wildman–Crippen MR) is 142 cm³/mol. The van der Waals surface area contributed by atoms with E-state index in [1.165, 1.54) is 12.7 Å². The first-order chi connectivity index (χ1) is 17.5. The number of aromatic nitrogens is 2. The highest BCUT2D eigenvalue weighted by molar-refractivity contribution is 6.30.